The van der Waals surface area contributed by atoms with Crippen LogP contribution >= 0.6 is 0 Å². The summed E-state index contributed by atoms with van der Waals surface area (Å²) in [6.45, 7) is 8.22. The molecule has 1 N–H and O–H groups in total. The highest BCUT2D eigenvalue weighted by Gasteiger charge is 2.17. The van der Waals surface area contributed by atoms with E-state index in [2.05, 4.69) is 42.3 Å². The molecule has 1 amide bonds. The number of aromatic nitrogens is 2. The van der Waals surface area contributed by atoms with Crippen LogP contribution in [0.2, 0.25) is 0 Å². The van der Waals surface area contributed by atoms with Crippen LogP contribution in [0.25, 0.3) is 22.2 Å². The minimum Gasteiger partial charge on any atom is -0.345 e. The molecule has 4 nitrogen and oxygen atoms in total. The maximum Gasteiger partial charge on any atom is 0.252 e. The summed E-state index contributed by atoms with van der Waals surface area (Å²) in [5.74, 6) is -0.103. The van der Waals surface area contributed by atoms with Gasteiger partial charge in [0.15, 0.2) is 0 Å². The SMILES string of the molecule is Cc1ccc2nc(-c3ccncc3)cc(C(=O)N[C@@H](C)c3ccc(C)c(C)c3)c2c1. The normalized spacial score (nSPS) is 12.0. The number of carbonyl (C=O) groups is 1. The quantitative estimate of drug-likeness (QED) is 0.481. The number of hydrogen-bond donors (Lipinski definition) is 1. The van der Waals surface area contributed by atoms with Crippen molar-refractivity contribution in [3.8, 4) is 11.3 Å². The zero-order valence-corrected chi connectivity index (χ0v) is 17.7. The fourth-order valence-electron chi connectivity index (χ4n) is 3.59. The maximum atomic E-state index is 13.3. The van der Waals surface area contributed by atoms with E-state index in [0.717, 1.165) is 33.3 Å². The summed E-state index contributed by atoms with van der Waals surface area (Å²) in [5, 5.41) is 4.03. The molecular weight excluding hydrogens is 370 g/mol. The number of fused-ring (bicyclic) bond motifs is 1. The van der Waals surface area contributed by atoms with E-state index >= 15 is 0 Å². The van der Waals surface area contributed by atoms with Crippen LogP contribution in [0.1, 0.15) is 45.6 Å². The van der Waals surface area contributed by atoms with Gasteiger partial charge in [-0.25, -0.2) is 4.98 Å². The first-order valence-corrected chi connectivity index (χ1v) is 10.1. The third-order valence-electron chi connectivity index (χ3n) is 5.56. The van der Waals surface area contributed by atoms with Gasteiger partial charge >= 0.3 is 0 Å². The summed E-state index contributed by atoms with van der Waals surface area (Å²) < 4.78 is 0. The van der Waals surface area contributed by atoms with E-state index in [9.17, 15) is 4.79 Å². The van der Waals surface area contributed by atoms with Crippen molar-refractivity contribution in [1.82, 2.24) is 15.3 Å². The summed E-state index contributed by atoms with van der Waals surface area (Å²) in [5.41, 5.74) is 7.78. The molecule has 0 bridgehead atoms. The number of nitrogens with zero attached hydrogens (tertiary/aromatic N) is 2. The monoisotopic (exact) mass is 395 g/mol. The summed E-state index contributed by atoms with van der Waals surface area (Å²) in [6, 6.07) is 17.9. The van der Waals surface area contributed by atoms with Gasteiger partial charge in [-0.1, -0.05) is 29.8 Å². The third-order valence-corrected chi connectivity index (χ3v) is 5.56. The Bertz CT molecular complexity index is 1230. The Hall–Kier alpha value is -3.53. The van der Waals surface area contributed by atoms with Gasteiger partial charge in [0, 0.05) is 23.3 Å². The van der Waals surface area contributed by atoms with Gasteiger partial charge in [0.1, 0.15) is 0 Å². The van der Waals surface area contributed by atoms with E-state index in [4.69, 9.17) is 4.98 Å². The molecule has 150 valence electrons. The number of pyridine rings is 2. The van der Waals surface area contributed by atoms with Gasteiger partial charge in [0.2, 0.25) is 0 Å². The molecule has 2 heterocycles. The first kappa shape index (κ1) is 19.8. The molecular formula is C26H25N3O. The Kier molecular flexibility index (Phi) is 5.32. The molecule has 30 heavy (non-hydrogen) atoms. The largest absolute Gasteiger partial charge is 0.345 e. The molecule has 0 aliphatic carbocycles. The minimum atomic E-state index is -0.103. The van der Waals surface area contributed by atoms with Gasteiger partial charge in [-0.3, -0.25) is 9.78 Å². The smallest absolute Gasteiger partial charge is 0.252 e. The van der Waals surface area contributed by atoms with Gasteiger partial charge in [0.05, 0.1) is 22.8 Å². The average Bonchev–Trinajstić information content (AvgIpc) is 2.75. The molecule has 0 aliphatic heterocycles. The van der Waals surface area contributed by atoms with E-state index in [-0.39, 0.29) is 11.9 Å². The fourth-order valence-corrected chi connectivity index (χ4v) is 3.59. The highest BCUT2D eigenvalue weighted by atomic mass is 16.1. The van der Waals surface area contributed by atoms with E-state index in [1.165, 1.54) is 11.1 Å². The van der Waals surface area contributed by atoms with Gasteiger partial charge in [-0.05, 0) is 74.7 Å². The van der Waals surface area contributed by atoms with Crippen LogP contribution in [-0.4, -0.2) is 15.9 Å². The molecule has 0 unspecified atom stereocenters. The van der Waals surface area contributed by atoms with Crippen molar-refractivity contribution in [3.05, 3.63) is 94.8 Å². The highest BCUT2D eigenvalue weighted by Crippen LogP contribution is 2.26. The van der Waals surface area contributed by atoms with E-state index in [1.54, 1.807) is 12.4 Å². The van der Waals surface area contributed by atoms with Crippen LogP contribution < -0.4 is 5.32 Å². The first-order chi connectivity index (χ1) is 14.4. The molecule has 2 aromatic carbocycles. The van der Waals surface area contributed by atoms with Crippen molar-refractivity contribution in [1.29, 1.82) is 0 Å². The maximum absolute atomic E-state index is 13.3. The number of nitrogens with one attached hydrogen (secondary N) is 1. The summed E-state index contributed by atoms with van der Waals surface area (Å²) in [4.78, 5) is 22.2. The van der Waals surface area contributed by atoms with E-state index in [1.807, 2.05) is 50.2 Å². The fraction of sp³-hybridized carbons (Fsp3) is 0.192. The van der Waals surface area contributed by atoms with E-state index < -0.39 is 0 Å². The van der Waals surface area contributed by atoms with Crippen LogP contribution in [0.4, 0.5) is 0 Å². The van der Waals surface area contributed by atoms with Gasteiger partial charge in [0.25, 0.3) is 5.91 Å². The molecule has 0 aliphatic rings. The van der Waals surface area contributed by atoms with Crippen molar-refractivity contribution in [2.24, 2.45) is 0 Å². The minimum absolute atomic E-state index is 0.103. The summed E-state index contributed by atoms with van der Waals surface area (Å²) >= 11 is 0. The zero-order valence-electron chi connectivity index (χ0n) is 17.7. The molecule has 4 aromatic rings. The Morgan fingerprint density at radius 1 is 0.900 bits per heavy atom. The number of hydrogen-bond acceptors (Lipinski definition) is 3. The van der Waals surface area contributed by atoms with Crippen molar-refractivity contribution in [2.75, 3.05) is 0 Å². The van der Waals surface area contributed by atoms with Crippen molar-refractivity contribution < 1.29 is 4.79 Å². The lowest BCUT2D eigenvalue weighted by molar-refractivity contribution is 0.0941. The van der Waals surface area contributed by atoms with Crippen LogP contribution in [0.3, 0.4) is 0 Å². The molecule has 4 rings (SSSR count). The molecule has 0 saturated heterocycles. The Morgan fingerprint density at radius 2 is 1.67 bits per heavy atom. The van der Waals surface area contributed by atoms with Crippen LogP contribution in [0, 0.1) is 20.8 Å². The van der Waals surface area contributed by atoms with Gasteiger partial charge in [-0.2, -0.15) is 0 Å². The number of rotatable bonds is 4. The van der Waals surface area contributed by atoms with Gasteiger partial charge in [-0.15, -0.1) is 0 Å². The lowest BCUT2D eigenvalue weighted by atomic mass is 10.00. The van der Waals surface area contributed by atoms with Crippen LogP contribution in [0.5, 0.6) is 0 Å². The van der Waals surface area contributed by atoms with E-state index in [0.29, 0.717) is 5.56 Å². The molecule has 0 saturated carbocycles. The topological polar surface area (TPSA) is 54.9 Å². The summed E-state index contributed by atoms with van der Waals surface area (Å²) in [6.07, 6.45) is 3.47. The lowest BCUT2D eigenvalue weighted by Crippen LogP contribution is -2.27. The highest BCUT2D eigenvalue weighted by molar-refractivity contribution is 6.07. The number of aryl methyl sites for hydroxylation is 3. The predicted molar refractivity (Wildman–Crippen MR) is 122 cm³/mol. The second-order valence-corrected chi connectivity index (χ2v) is 7.85. The Balaban J connectivity index is 1.75. The average molecular weight is 396 g/mol. The van der Waals surface area contributed by atoms with Crippen molar-refractivity contribution >= 4 is 16.8 Å². The molecule has 2 aromatic heterocycles. The van der Waals surface area contributed by atoms with Crippen molar-refractivity contribution in [2.45, 2.75) is 33.7 Å². The molecule has 0 radical (unpaired) electrons. The van der Waals surface area contributed by atoms with Crippen LogP contribution in [0.15, 0.2) is 67.0 Å². The van der Waals surface area contributed by atoms with Gasteiger partial charge < -0.3 is 5.32 Å². The molecule has 1 atom stereocenters. The first-order valence-electron chi connectivity index (χ1n) is 10.1. The Morgan fingerprint density at radius 3 is 2.40 bits per heavy atom. The second-order valence-electron chi connectivity index (χ2n) is 7.85. The zero-order chi connectivity index (χ0) is 21.3. The third kappa shape index (κ3) is 3.94. The second kappa shape index (κ2) is 8.07. The lowest BCUT2D eigenvalue weighted by Gasteiger charge is -2.17. The molecule has 4 heteroatoms. The Labute approximate surface area is 177 Å². The van der Waals surface area contributed by atoms with Crippen LogP contribution in [-0.2, 0) is 0 Å². The number of amides is 1. The predicted octanol–water partition coefficient (Wildman–Crippen LogP) is 5.71. The molecule has 0 fully saturated rings. The molecule has 0 spiro atoms. The standard InChI is InChI=1S/C26H25N3O/c1-16-5-8-24-22(13-16)23(15-25(29-24)20-9-11-27-12-10-20)26(30)28-19(4)21-7-6-17(2)18(3)14-21/h5-15,19H,1-4H3,(H,28,30)/t19-/m0/s1. The number of benzene rings is 2. The summed E-state index contributed by atoms with van der Waals surface area (Å²) in [7, 11) is 0. The number of carbonyl (C=O) groups excluding carboxylic acids is 1. The van der Waals surface area contributed by atoms with Crippen molar-refractivity contribution in [3.63, 3.8) is 0 Å².